The van der Waals surface area contributed by atoms with Gasteiger partial charge in [0.2, 0.25) is 11.8 Å². The smallest absolute Gasteiger partial charge is 0.264 e. The number of benzene rings is 3. The van der Waals surface area contributed by atoms with Crippen LogP contribution in [0.4, 0.5) is 10.1 Å². The highest BCUT2D eigenvalue weighted by Crippen LogP contribution is 2.32. The van der Waals surface area contributed by atoms with E-state index in [9.17, 15) is 22.4 Å². The lowest BCUT2D eigenvalue weighted by atomic mass is 10.1. The molecule has 0 aliphatic carbocycles. The van der Waals surface area contributed by atoms with Gasteiger partial charge < -0.3 is 19.7 Å². The number of carbonyl (C=O) groups is 2. The summed E-state index contributed by atoms with van der Waals surface area (Å²) in [6.07, 6.45) is 0. The summed E-state index contributed by atoms with van der Waals surface area (Å²) in [5, 5.41) is 3.14. The van der Waals surface area contributed by atoms with Crippen molar-refractivity contribution in [1.82, 2.24) is 10.2 Å². The molecule has 0 saturated carbocycles. The molecule has 2 amide bonds. The van der Waals surface area contributed by atoms with Crippen molar-refractivity contribution in [3.63, 3.8) is 0 Å². The van der Waals surface area contributed by atoms with Crippen molar-refractivity contribution in [2.75, 3.05) is 32.1 Å². The molecule has 0 bridgehead atoms. The summed E-state index contributed by atoms with van der Waals surface area (Å²) in [7, 11) is -0.224. The fraction of sp³-hybridized carbons (Fsp3) is 0.259. The van der Waals surface area contributed by atoms with Crippen molar-refractivity contribution < 1.29 is 31.9 Å². The maximum absolute atomic E-state index is 13.9. The highest BCUT2D eigenvalue weighted by atomic mass is 35.5. The van der Waals surface area contributed by atoms with E-state index in [1.165, 1.54) is 69.5 Å². The minimum Gasteiger partial charge on any atom is -0.493 e. The zero-order valence-electron chi connectivity index (χ0n) is 22.2. The van der Waals surface area contributed by atoms with Gasteiger partial charge in [0.15, 0.2) is 11.5 Å². The first-order chi connectivity index (χ1) is 18.9. The molecule has 0 spiro atoms. The molecule has 3 rings (SSSR count). The summed E-state index contributed by atoms with van der Waals surface area (Å²) in [5.74, 6) is -1.33. The molecule has 214 valence electrons. The van der Waals surface area contributed by atoms with Gasteiger partial charge in [-0.2, -0.15) is 0 Å². The normalized spacial score (nSPS) is 11.9. The van der Waals surface area contributed by atoms with Crippen molar-refractivity contribution in [2.24, 2.45) is 0 Å². The number of hydrogen-bond donors (Lipinski definition) is 1. The van der Waals surface area contributed by atoms with E-state index < -0.39 is 40.2 Å². The Morgan fingerprint density at radius 3 is 2.20 bits per heavy atom. The van der Waals surface area contributed by atoms with Crippen LogP contribution in [0.2, 0.25) is 10.0 Å². The van der Waals surface area contributed by atoms with Crippen molar-refractivity contribution in [1.29, 1.82) is 0 Å². The molecular formula is C27H28Cl2FN3O6S. The molecule has 40 heavy (non-hydrogen) atoms. The standard InChI is InChI=1S/C27H28Cl2FN3O6S/c1-17(27(35)31-2)32(15-18-5-6-19(28)13-23(18)29)26(34)16-33(21-9-7-20(30)8-10-21)40(36,37)22-11-12-24(38-3)25(14-22)39-4/h5-14,17H,15-16H2,1-4H3,(H,31,35). The number of nitrogens with one attached hydrogen (secondary N) is 1. The maximum Gasteiger partial charge on any atom is 0.264 e. The number of nitrogens with zero attached hydrogens (tertiary/aromatic N) is 2. The number of ether oxygens (including phenoxy) is 2. The van der Waals surface area contributed by atoms with Crippen molar-refractivity contribution in [2.45, 2.75) is 24.4 Å². The SMILES string of the molecule is CNC(=O)C(C)N(Cc1ccc(Cl)cc1Cl)C(=O)CN(c1ccc(F)cc1)S(=O)(=O)c1ccc(OC)c(OC)c1. The molecule has 0 aromatic heterocycles. The molecule has 1 unspecified atom stereocenters. The van der Waals surface area contributed by atoms with Crippen molar-refractivity contribution in [3.8, 4) is 11.5 Å². The lowest BCUT2D eigenvalue weighted by molar-refractivity contribution is -0.139. The van der Waals surface area contributed by atoms with E-state index in [-0.39, 0.29) is 27.9 Å². The Kier molecular flexibility index (Phi) is 10.2. The summed E-state index contributed by atoms with van der Waals surface area (Å²) in [5.41, 5.74) is 0.521. The van der Waals surface area contributed by atoms with Gasteiger partial charge in [-0.15, -0.1) is 0 Å². The van der Waals surface area contributed by atoms with Crippen LogP contribution in [0.25, 0.3) is 0 Å². The summed E-state index contributed by atoms with van der Waals surface area (Å²) >= 11 is 12.3. The van der Waals surface area contributed by atoms with Gasteiger partial charge in [-0.3, -0.25) is 13.9 Å². The number of sulfonamides is 1. The van der Waals surface area contributed by atoms with Gasteiger partial charge in [0.1, 0.15) is 18.4 Å². The van der Waals surface area contributed by atoms with E-state index in [2.05, 4.69) is 5.32 Å². The van der Waals surface area contributed by atoms with E-state index in [0.717, 1.165) is 16.4 Å². The number of anilines is 1. The van der Waals surface area contributed by atoms with Crippen LogP contribution in [0, 0.1) is 5.82 Å². The molecule has 3 aromatic carbocycles. The molecule has 3 aromatic rings. The Bertz CT molecular complexity index is 1490. The molecule has 1 N–H and O–H groups in total. The third-order valence-electron chi connectivity index (χ3n) is 6.11. The van der Waals surface area contributed by atoms with Crippen LogP contribution in [0.5, 0.6) is 11.5 Å². The van der Waals surface area contributed by atoms with Gasteiger partial charge in [-0.1, -0.05) is 29.3 Å². The summed E-state index contributed by atoms with van der Waals surface area (Å²) < 4.78 is 52.8. The second-order valence-corrected chi connectivity index (χ2v) is 11.3. The lowest BCUT2D eigenvalue weighted by Gasteiger charge is -2.32. The van der Waals surface area contributed by atoms with Crippen LogP contribution in [-0.4, -0.2) is 59.0 Å². The Hall–Kier alpha value is -3.54. The molecule has 0 radical (unpaired) electrons. The molecule has 9 nitrogen and oxygen atoms in total. The molecule has 13 heteroatoms. The zero-order valence-corrected chi connectivity index (χ0v) is 24.5. The fourth-order valence-corrected chi connectivity index (χ4v) is 5.76. The van der Waals surface area contributed by atoms with E-state index in [1.54, 1.807) is 12.1 Å². The first-order valence-electron chi connectivity index (χ1n) is 11.9. The third kappa shape index (κ3) is 6.96. The van der Waals surface area contributed by atoms with Gasteiger partial charge in [-0.25, -0.2) is 12.8 Å². The number of hydrogen-bond acceptors (Lipinski definition) is 6. The molecular weight excluding hydrogens is 584 g/mol. The average molecular weight is 613 g/mol. The van der Waals surface area contributed by atoms with Gasteiger partial charge in [-0.05, 0) is 61.0 Å². The van der Waals surface area contributed by atoms with Crippen LogP contribution in [0.15, 0.2) is 65.6 Å². The monoisotopic (exact) mass is 611 g/mol. The summed E-state index contributed by atoms with van der Waals surface area (Å²) in [6, 6.07) is 12.3. The average Bonchev–Trinajstić information content (AvgIpc) is 2.94. The number of halogens is 3. The minimum atomic E-state index is -4.41. The first-order valence-corrected chi connectivity index (χ1v) is 14.1. The highest BCUT2D eigenvalue weighted by Gasteiger charge is 2.33. The quantitative estimate of drug-likeness (QED) is 0.342. The Balaban J connectivity index is 2.08. The zero-order chi connectivity index (χ0) is 29.6. The van der Waals surface area contributed by atoms with Crippen LogP contribution >= 0.6 is 23.2 Å². The minimum absolute atomic E-state index is 0.0293. The van der Waals surface area contributed by atoms with E-state index in [0.29, 0.717) is 16.3 Å². The molecule has 1 atom stereocenters. The highest BCUT2D eigenvalue weighted by molar-refractivity contribution is 7.92. The van der Waals surface area contributed by atoms with Crippen molar-refractivity contribution >= 4 is 50.7 Å². The number of likely N-dealkylation sites (N-methyl/N-ethyl adjacent to an activating group) is 1. The Morgan fingerprint density at radius 1 is 0.975 bits per heavy atom. The van der Waals surface area contributed by atoms with Gasteiger partial charge in [0.05, 0.1) is 24.8 Å². The first kappa shape index (κ1) is 31.0. The van der Waals surface area contributed by atoms with Crippen LogP contribution in [0.3, 0.4) is 0 Å². The largest absolute Gasteiger partial charge is 0.493 e. The topological polar surface area (TPSA) is 105 Å². The maximum atomic E-state index is 13.9. The van der Waals surface area contributed by atoms with Crippen LogP contribution in [0.1, 0.15) is 12.5 Å². The van der Waals surface area contributed by atoms with Gasteiger partial charge in [0, 0.05) is 29.7 Å². The Morgan fingerprint density at radius 2 is 1.62 bits per heavy atom. The second kappa shape index (κ2) is 13.2. The lowest BCUT2D eigenvalue weighted by Crippen LogP contribution is -2.50. The number of carbonyl (C=O) groups excluding carboxylic acids is 2. The van der Waals surface area contributed by atoms with Crippen LogP contribution < -0.4 is 19.1 Å². The Labute approximate surface area is 242 Å². The second-order valence-electron chi connectivity index (χ2n) is 8.55. The van der Waals surface area contributed by atoms with E-state index in [4.69, 9.17) is 32.7 Å². The van der Waals surface area contributed by atoms with E-state index >= 15 is 0 Å². The van der Waals surface area contributed by atoms with Gasteiger partial charge >= 0.3 is 0 Å². The molecule has 0 saturated heterocycles. The van der Waals surface area contributed by atoms with E-state index in [1.807, 2.05) is 0 Å². The molecule has 0 aliphatic rings. The predicted octanol–water partition coefficient (Wildman–Crippen LogP) is 4.51. The predicted molar refractivity (Wildman–Crippen MR) is 151 cm³/mol. The number of rotatable bonds is 11. The number of methoxy groups -OCH3 is 2. The van der Waals surface area contributed by atoms with Crippen molar-refractivity contribution in [3.05, 3.63) is 82.1 Å². The fourth-order valence-electron chi connectivity index (χ4n) is 3.87. The summed E-state index contributed by atoms with van der Waals surface area (Å²) in [4.78, 5) is 27.4. The van der Waals surface area contributed by atoms with Crippen LogP contribution in [-0.2, 0) is 26.2 Å². The van der Waals surface area contributed by atoms with Gasteiger partial charge in [0.25, 0.3) is 10.0 Å². The number of amides is 2. The summed E-state index contributed by atoms with van der Waals surface area (Å²) in [6.45, 7) is 0.678. The molecule has 0 fully saturated rings. The third-order valence-corrected chi connectivity index (χ3v) is 8.46. The molecule has 0 heterocycles. The molecule has 0 aliphatic heterocycles.